The molecule has 6 rings (SSSR count). The van der Waals surface area contributed by atoms with Gasteiger partial charge in [0.1, 0.15) is 0 Å². The predicted molar refractivity (Wildman–Crippen MR) is 110 cm³/mol. The first-order valence-corrected chi connectivity index (χ1v) is 9.46. The molecule has 3 heterocycles. The van der Waals surface area contributed by atoms with Crippen molar-refractivity contribution in [2.75, 3.05) is 0 Å². The number of nitrogens with zero attached hydrogens (tertiary/aromatic N) is 2. The van der Waals surface area contributed by atoms with Crippen LogP contribution in [0.1, 0.15) is 18.5 Å². The van der Waals surface area contributed by atoms with E-state index in [-0.39, 0.29) is 0 Å². The standard InChI is InChI=1S/C25H19N2/c1-17-19-14-13-18(16-22(19)23-10-6-7-15-26(17)23)27-24-11-4-2-8-20(24)21-9-3-5-12-25(21)27/h2-17H,1H3/q+1. The third-order valence-electron chi connectivity index (χ3n) is 5.91. The summed E-state index contributed by atoms with van der Waals surface area (Å²) in [6.07, 6.45) is 2.18. The second kappa shape index (κ2) is 5.31. The molecule has 0 amide bonds. The normalized spacial score (nSPS) is 15.2. The van der Waals surface area contributed by atoms with Crippen molar-refractivity contribution in [2.24, 2.45) is 0 Å². The van der Waals surface area contributed by atoms with Crippen molar-refractivity contribution in [3.05, 3.63) is 96.7 Å². The Labute approximate surface area is 157 Å². The van der Waals surface area contributed by atoms with Gasteiger partial charge in [-0.1, -0.05) is 36.4 Å². The van der Waals surface area contributed by atoms with Gasteiger partial charge >= 0.3 is 0 Å². The molecule has 2 nitrogen and oxygen atoms in total. The van der Waals surface area contributed by atoms with E-state index in [0.29, 0.717) is 6.04 Å². The fourth-order valence-electron chi connectivity index (χ4n) is 4.64. The fraction of sp³-hybridized carbons (Fsp3) is 0.0800. The summed E-state index contributed by atoms with van der Waals surface area (Å²) in [7, 11) is 0. The van der Waals surface area contributed by atoms with Crippen LogP contribution < -0.4 is 4.57 Å². The van der Waals surface area contributed by atoms with Crippen LogP contribution in [0.5, 0.6) is 0 Å². The Kier molecular flexibility index (Phi) is 2.90. The highest BCUT2D eigenvalue weighted by molar-refractivity contribution is 6.09. The van der Waals surface area contributed by atoms with Crippen molar-refractivity contribution in [1.82, 2.24) is 4.57 Å². The van der Waals surface area contributed by atoms with Crippen molar-refractivity contribution < 1.29 is 4.57 Å². The largest absolute Gasteiger partial charge is 0.309 e. The van der Waals surface area contributed by atoms with Crippen LogP contribution in [0.25, 0.3) is 38.8 Å². The van der Waals surface area contributed by atoms with Gasteiger partial charge in [-0.3, -0.25) is 0 Å². The first-order valence-electron chi connectivity index (χ1n) is 9.46. The molecule has 0 bridgehead atoms. The summed E-state index contributed by atoms with van der Waals surface area (Å²) < 4.78 is 4.75. The Morgan fingerprint density at radius 1 is 0.741 bits per heavy atom. The molecule has 128 valence electrons. The van der Waals surface area contributed by atoms with Gasteiger partial charge < -0.3 is 4.57 Å². The molecule has 3 aromatic carbocycles. The molecule has 27 heavy (non-hydrogen) atoms. The number of hydrogen-bond donors (Lipinski definition) is 0. The third-order valence-corrected chi connectivity index (χ3v) is 5.91. The summed E-state index contributed by atoms with van der Waals surface area (Å²) in [5, 5.41) is 2.61. The Morgan fingerprint density at radius 2 is 1.41 bits per heavy atom. The van der Waals surface area contributed by atoms with E-state index in [1.807, 2.05) is 0 Å². The minimum Gasteiger partial charge on any atom is -0.309 e. The molecule has 0 saturated heterocycles. The number of rotatable bonds is 1. The van der Waals surface area contributed by atoms with Gasteiger partial charge in [0.05, 0.1) is 16.6 Å². The summed E-state index contributed by atoms with van der Waals surface area (Å²) >= 11 is 0. The van der Waals surface area contributed by atoms with Crippen molar-refractivity contribution in [2.45, 2.75) is 13.0 Å². The molecule has 0 radical (unpaired) electrons. The SMILES string of the molecule is CC1c2ccc(-n3c4ccccc4c4ccccc43)cc2-c2cccc[n+]21. The van der Waals surface area contributed by atoms with Gasteiger partial charge in [-0.05, 0) is 36.4 Å². The molecular weight excluding hydrogens is 328 g/mol. The van der Waals surface area contributed by atoms with E-state index in [4.69, 9.17) is 0 Å². The zero-order valence-corrected chi connectivity index (χ0v) is 15.1. The van der Waals surface area contributed by atoms with E-state index in [9.17, 15) is 0 Å². The summed E-state index contributed by atoms with van der Waals surface area (Å²) in [5.74, 6) is 0. The smallest absolute Gasteiger partial charge is 0.213 e. The van der Waals surface area contributed by atoms with Gasteiger partial charge in [-0.15, -0.1) is 0 Å². The van der Waals surface area contributed by atoms with Gasteiger partial charge in [0.2, 0.25) is 5.69 Å². The van der Waals surface area contributed by atoms with E-state index >= 15 is 0 Å². The highest BCUT2D eigenvalue weighted by Gasteiger charge is 2.32. The molecule has 1 aliphatic heterocycles. The Balaban J connectivity index is 1.68. The molecule has 2 heteroatoms. The molecule has 0 fully saturated rings. The molecule has 0 aliphatic carbocycles. The van der Waals surface area contributed by atoms with Gasteiger partial charge in [0.25, 0.3) is 0 Å². The zero-order valence-electron chi connectivity index (χ0n) is 15.1. The Hall–Kier alpha value is -3.39. The van der Waals surface area contributed by atoms with Gasteiger partial charge in [-0.2, -0.15) is 4.57 Å². The second-order valence-electron chi connectivity index (χ2n) is 7.31. The molecule has 5 aromatic rings. The number of para-hydroxylation sites is 2. The Morgan fingerprint density at radius 3 is 2.15 bits per heavy atom. The summed E-state index contributed by atoms with van der Waals surface area (Å²) in [5.41, 5.74) is 7.75. The lowest BCUT2D eigenvalue weighted by Crippen LogP contribution is -2.35. The molecule has 0 saturated carbocycles. The summed E-state index contributed by atoms with van der Waals surface area (Å²) in [6.45, 7) is 2.27. The van der Waals surface area contributed by atoms with E-state index in [0.717, 1.165) is 0 Å². The van der Waals surface area contributed by atoms with Crippen molar-refractivity contribution in [3.8, 4) is 16.9 Å². The fourth-order valence-corrected chi connectivity index (χ4v) is 4.64. The van der Waals surface area contributed by atoms with Crippen molar-refractivity contribution in [3.63, 3.8) is 0 Å². The maximum absolute atomic E-state index is 2.39. The van der Waals surface area contributed by atoms with Crippen LogP contribution in [0.2, 0.25) is 0 Å². The van der Waals surface area contributed by atoms with Crippen LogP contribution in [-0.2, 0) is 0 Å². The molecule has 0 spiro atoms. The maximum Gasteiger partial charge on any atom is 0.213 e. The minimum atomic E-state index is 0.378. The predicted octanol–water partition coefficient (Wildman–Crippen LogP) is 5.66. The lowest BCUT2D eigenvalue weighted by molar-refractivity contribution is -0.694. The molecule has 1 atom stereocenters. The quantitative estimate of drug-likeness (QED) is 0.346. The lowest BCUT2D eigenvalue weighted by atomic mass is 10.0. The summed E-state index contributed by atoms with van der Waals surface area (Å²) in [4.78, 5) is 0. The molecule has 2 aromatic heterocycles. The molecule has 0 N–H and O–H groups in total. The monoisotopic (exact) mass is 347 g/mol. The van der Waals surface area contributed by atoms with E-state index in [1.54, 1.807) is 0 Å². The molecule has 1 unspecified atom stereocenters. The van der Waals surface area contributed by atoms with Crippen molar-refractivity contribution in [1.29, 1.82) is 0 Å². The first-order chi connectivity index (χ1) is 13.3. The number of benzene rings is 3. The second-order valence-corrected chi connectivity index (χ2v) is 7.31. The average molecular weight is 347 g/mol. The maximum atomic E-state index is 2.39. The van der Waals surface area contributed by atoms with Gasteiger partial charge in [0, 0.05) is 41.1 Å². The average Bonchev–Trinajstić information content (AvgIpc) is 3.21. The van der Waals surface area contributed by atoms with Crippen molar-refractivity contribution >= 4 is 21.8 Å². The highest BCUT2D eigenvalue weighted by atomic mass is 15.0. The van der Waals surface area contributed by atoms with E-state index in [1.165, 1.54) is 44.3 Å². The van der Waals surface area contributed by atoms with Crippen LogP contribution in [0.3, 0.4) is 0 Å². The van der Waals surface area contributed by atoms with Crippen LogP contribution in [-0.4, -0.2) is 4.57 Å². The number of pyridine rings is 1. The summed E-state index contributed by atoms with van der Waals surface area (Å²) in [6, 6.07) is 31.1. The minimum absolute atomic E-state index is 0.378. The highest BCUT2D eigenvalue weighted by Crippen LogP contribution is 2.37. The Bertz CT molecular complexity index is 1290. The third kappa shape index (κ3) is 1.93. The number of fused-ring (bicyclic) bond motifs is 6. The van der Waals surface area contributed by atoms with Crippen LogP contribution in [0.4, 0.5) is 0 Å². The zero-order chi connectivity index (χ0) is 18.0. The van der Waals surface area contributed by atoms with Crippen LogP contribution in [0, 0.1) is 0 Å². The lowest BCUT2D eigenvalue weighted by Gasteiger charge is -2.09. The molecule has 1 aliphatic rings. The number of hydrogen-bond acceptors (Lipinski definition) is 0. The molecular formula is C25H19N2+. The van der Waals surface area contributed by atoms with Crippen LogP contribution in [0.15, 0.2) is 91.1 Å². The van der Waals surface area contributed by atoms with Crippen LogP contribution >= 0.6 is 0 Å². The number of aromatic nitrogens is 2. The van der Waals surface area contributed by atoms with E-state index in [2.05, 4.69) is 107 Å². The van der Waals surface area contributed by atoms with Gasteiger partial charge in [0.15, 0.2) is 12.2 Å². The van der Waals surface area contributed by atoms with E-state index < -0.39 is 0 Å². The van der Waals surface area contributed by atoms with Gasteiger partial charge in [-0.25, -0.2) is 0 Å². The topological polar surface area (TPSA) is 8.81 Å². The first kappa shape index (κ1) is 14.7.